The second-order valence-corrected chi connectivity index (χ2v) is 7.51. The van der Waals surface area contributed by atoms with E-state index in [2.05, 4.69) is 20.9 Å². The summed E-state index contributed by atoms with van der Waals surface area (Å²) in [6, 6.07) is 0.413. The van der Waals surface area contributed by atoms with Gasteiger partial charge in [0, 0.05) is 12.2 Å². The fourth-order valence-electron chi connectivity index (χ4n) is 3.05. The van der Waals surface area contributed by atoms with Gasteiger partial charge in [-0.05, 0) is 35.7 Å². The molecular formula is C15H16BrFN4O2. The molecule has 0 radical (unpaired) electrons. The number of rotatable bonds is 3. The van der Waals surface area contributed by atoms with Crippen molar-refractivity contribution in [2.45, 2.75) is 38.0 Å². The Morgan fingerprint density at radius 2 is 2.17 bits per heavy atom. The minimum absolute atomic E-state index is 0.0814. The Morgan fingerprint density at radius 3 is 2.78 bits per heavy atom. The predicted molar refractivity (Wildman–Crippen MR) is 86.1 cm³/mol. The van der Waals surface area contributed by atoms with Gasteiger partial charge in [-0.1, -0.05) is 0 Å². The van der Waals surface area contributed by atoms with Gasteiger partial charge >= 0.3 is 0 Å². The molecule has 2 aliphatic rings. The maximum atomic E-state index is 13.5. The molecule has 0 N–H and O–H groups in total. The summed E-state index contributed by atoms with van der Waals surface area (Å²) < 4.78 is 17.5. The van der Waals surface area contributed by atoms with E-state index >= 15 is 0 Å². The molecule has 2 aromatic rings. The van der Waals surface area contributed by atoms with Crippen molar-refractivity contribution in [1.82, 2.24) is 19.0 Å². The summed E-state index contributed by atoms with van der Waals surface area (Å²) in [6.07, 6.45) is 5.47. The van der Waals surface area contributed by atoms with Crippen molar-refractivity contribution >= 4 is 32.9 Å². The van der Waals surface area contributed by atoms with Gasteiger partial charge in [0.25, 0.3) is 5.56 Å². The van der Waals surface area contributed by atoms with E-state index in [-0.39, 0.29) is 31.1 Å². The van der Waals surface area contributed by atoms with Gasteiger partial charge in [-0.15, -0.1) is 0 Å². The van der Waals surface area contributed by atoms with E-state index < -0.39 is 5.67 Å². The number of alkyl halides is 1. The van der Waals surface area contributed by atoms with Gasteiger partial charge in [0.2, 0.25) is 5.91 Å². The molecule has 3 heterocycles. The molecule has 0 unspecified atom stereocenters. The fourth-order valence-corrected chi connectivity index (χ4v) is 3.62. The van der Waals surface area contributed by atoms with Crippen molar-refractivity contribution in [3.8, 4) is 0 Å². The van der Waals surface area contributed by atoms with E-state index in [4.69, 9.17) is 0 Å². The molecule has 4 rings (SSSR count). The molecule has 0 bridgehead atoms. The van der Waals surface area contributed by atoms with Gasteiger partial charge in [0.05, 0.1) is 22.9 Å². The van der Waals surface area contributed by atoms with E-state index in [0.717, 1.165) is 12.8 Å². The van der Waals surface area contributed by atoms with Crippen LogP contribution in [0.5, 0.6) is 0 Å². The first-order chi connectivity index (χ1) is 10.9. The number of nitrogens with zero attached hydrogens (tertiary/aromatic N) is 4. The normalized spacial score (nSPS) is 19.9. The van der Waals surface area contributed by atoms with Crippen LogP contribution in [0.2, 0.25) is 0 Å². The molecule has 1 saturated carbocycles. The monoisotopic (exact) mass is 382 g/mol. The van der Waals surface area contributed by atoms with E-state index in [0.29, 0.717) is 21.5 Å². The van der Waals surface area contributed by atoms with Crippen LogP contribution in [0.15, 0.2) is 21.8 Å². The van der Waals surface area contributed by atoms with E-state index in [1.165, 1.54) is 22.7 Å². The van der Waals surface area contributed by atoms with Crippen LogP contribution in [-0.2, 0) is 11.3 Å². The number of likely N-dealkylation sites (tertiary alicyclic amines) is 1. The largest absolute Gasteiger partial charge is 0.335 e. The van der Waals surface area contributed by atoms with E-state index in [9.17, 15) is 14.0 Å². The van der Waals surface area contributed by atoms with Crippen molar-refractivity contribution in [1.29, 1.82) is 0 Å². The van der Waals surface area contributed by atoms with Crippen molar-refractivity contribution in [3.05, 3.63) is 27.4 Å². The third-order valence-corrected chi connectivity index (χ3v) is 4.99. The van der Waals surface area contributed by atoms with Crippen LogP contribution >= 0.6 is 15.9 Å². The van der Waals surface area contributed by atoms with Gasteiger partial charge in [-0.25, -0.2) is 9.37 Å². The maximum Gasteiger partial charge on any atom is 0.264 e. The molecule has 0 atom stereocenters. The van der Waals surface area contributed by atoms with Gasteiger partial charge in [-0.3, -0.25) is 14.2 Å². The topological polar surface area (TPSA) is 60.1 Å². The summed E-state index contributed by atoms with van der Waals surface area (Å²) in [7, 11) is 0. The molecule has 0 aromatic carbocycles. The highest BCUT2D eigenvalue weighted by Gasteiger charge is 2.41. The molecular weight excluding hydrogens is 367 g/mol. The Balaban J connectivity index is 1.64. The zero-order chi connectivity index (χ0) is 16.4. The lowest BCUT2D eigenvalue weighted by Crippen LogP contribution is -2.60. The molecule has 8 heteroatoms. The molecule has 1 aliphatic carbocycles. The van der Waals surface area contributed by atoms with Crippen molar-refractivity contribution in [2.24, 2.45) is 0 Å². The average molecular weight is 383 g/mol. The van der Waals surface area contributed by atoms with Crippen molar-refractivity contribution < 1.29 is 9.18 Å². The van der Waals surface area contributed by atoms with Crippen LogP contribution in [-0.4, -0.2) is 43.7 Å². The number of carbonyl (C=O) groups excluding carboxylic acids is 1. The predicted octanol–water partition coefficient (Wildman–Crippen LogP) is 1.87. The lowest BCUT2D eigenvalue weighted by molar-refractivity contribution is -0.144. The van der Waals surface area contributed by atoms with Crippen LogP contribution in [0.4, 0.5) is 4.39 Å². The molecule has 6 nitrogen and oxygen atoms in total. The van der Waals surface area contributed by atoms with Crippen molar-refractivity contribution in [2.75, 3.05) is 13.1 Å². The molecule has 1 saturated heterocycles. The Kier molecular flexibility index (Phi) is 3.16. The summed E-state index contributed by atoms with van der Waals surface area (Å²) in [5, 5.41) is 0.492. The van der Waals surface area contributed by atoms with Gasteiger partial charge < -0.3 is 9.47 Å². The van der Waals surface area contributed by atoms with Gasteiger partial charge in [0.1, 0.15) is 24.2 Å². The molecule has 122 valence electrons. The second-order valence-electron chi connectivity index (χ2n) is 6.65. The van der Waals surface area contributed by atoms with E-state index in [1.807, 2.05) is 10.8 Å². The van der Waals surface area contributed by atoms with Crippen molar-refractivity contribution in [3.63, 3.8) is 0 Å². The fraction of sp³-hybridized carbons (Fsp3) is 0.533. The summed E-state index contributed by atoms with van der Waals surface area (Å²) >= 11 is 3.41. The number of hydrogen-bond donors (Lipinski definition) is 0. The molecule has 2 fully saturated rings. The zero-order valence-corrected chi connectivity index (χ0v) is 14.2. The summed E-state index contributed by atoms with van der Waals surface area (Å²) in [5.74, 6) is -0.263. The van der Waals surface area contributed by atoms with Crippen LogP contribution in [0, 0.1) is 0 Å². The highest BCUT2D eigenvalue weighted by molar-refractivity contribution is 9.10. The summed E-state index contributed by atoms with van der Waals surface area (Å²) in [4.78, 5) is 30.5. The van der Waals surface area contributed by atoms with Gasteiger partial charge in [-0.2, -0.15) is 0 Å². The third-order valence-electron chi connectivity index (χ3n) is 4.39. The van der Waals surface area contributed by atoms with E-state index in [1.54, 1.807) is 0 Å². The highest BCUT2D eigenvalue weighted by Crippen LogP contribution is 2.38. The first-order valence-electron chi connectivity index (χ1n) is 7.58. The molecule has 1 aliphatic heterocycles. The summed E-state index contributed by atoms with van der Waals surface area (Å²) in [5.41, 5.74) is -0.917. The maximum absolute atomic E-state index is 13.5. The second kappa shape index (κ2) is 4.90. The zero-order valence-electron chi connectivity index (χ0n) is 12.6. The number of aromatic nitrogens is 3. The first kappa shape index (κ1) is 14.9. The number of halogens is 2. The number of fused-ring (bicyclic) bond motifs is 1. The van der Waals surface area contributed by atoms with Crippen LogP contribution in [0.3, 0.4) is 0 Å². The minimum Gasteiger partial charge on any atom is -0.335 e. The number of carbonyl (C=O) groups is 1. The Morgan fingerprint density at radius 1 is 1.48 bits per heavy atom. The average Bonchev–Trinajstić information content (AvgIpc) is 3.23. The summed E-state index contributed by atoms with van der Waals surface area (Å²) in [6.45, 7) is 1.52. The SMILES string of the molecule is CC1(F)CN(C(=O)Cn2cnc3c(c(Br)cn3C3CC3)c2=O)C1. The highest BCUT2D eigenvalue weighted by atomic mass is 79.9. The molecule has 2 aromatic heterocycles. The van der Waals surface area contributed by atoms with Crippen LogP contribution in [0.25, 0.3) is 11.0 Å². The van der Waals surface area contributed by atoms with Crippen LogP contribution in [0.1, 0.15) is 25.8 Å². The van der Waals surface area contributed by atoms with Crippen LogP contribution < -0.4 is 5.56 Å². The lowest BCUT2D eigenvalue weighted by Gasteiger charge is -2.42. The Labute approximate surface area is 140 Å². The first-order valence-corrected chi connectivity index (χ1v) is 8.37. The smallest absolute Gasteiger partial charge is 0.264 e. The quantitative estimate of drug-likeness (QED) is 0.813. The Hall–Kier alpha value is -1.70. The lowest BCUT2D eigenvalue weighted by atomic mass is 9.99. The molecule has 0 spiro atoms. The molecule has 1 amide bonds. The Bertz CT molecular complexity index is 860. The van der Waals surface area contributed by atoms with Gasteiger partial charge in [0.15, 0.2) is 0 Å². The minimum atomic E-state index is -1.31. The number of hydrogen-bond acceptors (Lipinski definition) is 3. The number of amides is 1. The third kappa shape index (κ3) is 2.49. The molecule has 23 heavy (non-hydrogen) atoms. The standard InChI is InChI=1S/C15H16BrFN4O2/c1-15(17)6-20(7-15)11(22)5-19-8-18-13-12(14(19)23)10(16)4-21(13)9-2-3-9/h4,8-9H,2-3,5-7H2,1H3.